The van der Waals surface area contributed by atoms with E-state index in [0.717, 1.165) is 5.52 Å². The van der Waals surface area contributed by atoms with Crippen molar-refractivity contribution in [3.63, 3.8) is 0 Å². The Morgan fingerprint density at radius 1 is 1.50 bits per heavy atom. The molecule has 0 saturated heterocycles. The maximum Gasteiger partial charge on any atom is 0.270 e. The lowest BCUT2D eigenvalue weighted by atomic mass is 10.2. The van der Waals surface area contributed by atoms with Gasteiger partial charge in [0, 0.05) is 29.2 Å². The minimum Gasteiger partial charge on any atom is -0.335 e. The zero-order chi connectivity index (χ0) is 13.3. The highest BCUT2D eigenvalue weighted by molar-refractivity contribution is 5.86. The molecule has 0 bridgehead atoms. The summed E-state index contributed by atoms with van der Waals surface area (Å²) in [6.07, 6.45) is 1.70. The highest BCUT2D eigenvalue weighted by atomic mass is 16.6. The molecule has 7 nitrogen and oxygen atoms in total. The number of hydrogen-bond donors (Lipinski definition) is 2. The van der Waals surface area contributed by atoms with Gasteiger partial charge >= 0.3 is 0 Å². The largest absolute Gasteiger partial charge is 0.335 e. The minimum atomic E-state index is -0.478. The van der Waals surface area contributed by atoms with E-state index in [1.807, 2.05) is 0 Å². The number of nitrogens with zero attached hydrogens (tertiary/aromatic N) is 2. The van der Waals surface area contributed by atoms with Crippen LogP contribution in [0.15, 0.2) is 30.5 Å². The third-order valence-corrected chi connectivity index (χ3v) is 2.85. The lowest BCUT2D eigenvalue weighted by Gasteiger charge is -2.13. The Kier molecular flexibility index (Phi) is 2.99. The molecule has 0 aliphatic heterocycles. The van der Waals surface area contributed by atoms with E-state index >= 15 is 0 Å². The van der Waals surface area contributed by atoms with Gasteiger partial charge < -0.3 is 4.57 Å². The average Bonchev–Trinajstić information content (AvgIpc) is 2.79. The van der Waals surface area contributed by atoms with Crippen molar-refractivity contribution in [3.05, 3.63) is 40.6 Å². The molecule has 1 atom stereocenters. The number of benzene rings is 1. The smallest absolute Gasteiger partial charge is 0.270 e. The molecule has 0 spiro atoms. The predicted octanol–water partition coefficient (Wildman–Crippen LogP) is 1.10. The molecule has 1 aromatic heterocycles. The van der Waals surface area contributed by atoms with E-state index in [0.29, 0.717) is 5.39 Å². The predicted molar refractivity (Wildman–Crippen MR) is 65.6 cm³/mol. The van der Waals surface area contributed by atoms with Gasteiger partial charge in [-0.15, -0.1) is 0 Å². The molecule has 0 aliphatic rings. The van der Waals surface area contributed by atoms with Gasteiger partial charge in [0.25, 0.3) is 11.6 Å². The molecule has 1 heterocycles. The highest BCUT2D eigenvalue weighted by Crippen LogP contribution is 2.24. The summed E-state index contributed by atoms with van der Waals surface area (Å²) in [6.45, 7) is 1.70. The van der Waals surface area contributed by atoms with Crippen LogP contribution in [-0.4, -0.2) is 15.4 Å². The molecule has 94 valence electrons. The zero-order valence-electron chi connectivity index (χ0n) is 9.66. The fourth-order valence-electron chi connectivity index (χ4n) is 1.85. The van der Waals surface area contributed by atoms with Crippen molar-refractivity contribution in [2.45, 2.75) is 13.0 Å². The normalized spacial score (nSPS) is 12.3. The number of aromatic nitrogens is 1. The number of nitro groups is 1. The summed E-state index contributed by atoms with van der Waals surface area (Å²) in [5, 5.41) is 11.4. The first-order valence-corrected chi connectivity index (χ1v) is 5.30. The maximum atomic E-state index is 11.5. The van der Waals surface area contributed by atoms with Gasteiger partial charge in [0.05, 0.1) is 4.92 Å². The first kappa shape index (κ1) is 12.1. The number of nitrogens with two attached hydrogens (primary N) is 1. The van der Waals surface area contributed by atoms with Crippen LogP contribution in [0.2, 0.25) is 0 Å². The van der Waals surface area contributed by atoms with E-state index in [9.17, 15) is 14.9 Å². The van der Waals surface area contributed by atoms with Gasteiger partial charge in [-0.1, -0.05) is 0 Å². The molecule has 1 unspecified atom stereocenters. The topological polar surface area (TPSA) is 103 Å². The van der Waals surface area contributed by atoms with Gasteiger partial charge in [0.1, 0.15) is 6.04 Å². The second kappa shape index (κ2) is 4.46. The van der Waals surface area contributed by atoms with Crippen molar-refractivity contribution in [1.29, 1.82) is 0 Å². The molecule has 0 saturated carbocycles. The van der Waals surface area contributed by atoms with Crippen LogP contribution in [-0.2, 0) is 4.79 Å². The summed E-state index contributed by atoms with van der Waals surface area (Å²) in [4.78, 5) is 21.7. The molecule has 0 fully saturated rings. The number of hydrogen-bond acceptors (Lipinski definition) is 4. The van der Waals surface area contributed by atoms with Gasteiger partial charge in [0.2, 0.25) is 0 Å². The molecular formula is C11H12N4O3. The van der Waals surface area contributed by atoms with E-state index < -0.39 is 11.0 Å². The Labute approximate surface area is 102 Å². The van der Waals surface area contributed by atoms with Crippen molar-refractivity contribution < 1.29 is 9.72 Å². The number of nitrogens with one attached hydrogen (secondary N) is 1. The number of amides is 1. The Morgan fingerprint density at radius 3 is 2.83 bits per heavy atom. The van der Waals surface area contributed by atoms with Gasteiger partial charge in [-0.2, -0.15) is 0 Å². The highest BCUT2D eigenvalue weighted by Gasteiger charge is 2.16. The van der Waals surface area contributed by atoms with Crippen molar-refractivity contribution in [3.8, 4) is 0 Å². The van der Waals surface area contributed by atoms with Gasteiger partial charge in [-0.3, -0.25) is 20.3 Å². The van der Waals surface area contributed by atoms with Crippen molar-refractivity contribution in [2.24, 2.45) is 5.84 Å². The third kappa shape index (κ3) is 1.91. The molecule has 18 heavy (non-hydrogen) atoms. The molecule has 7 heteroatoms. The molecular weight excluding hydrogens is 236 g/mol. The quantitative estimate of drug-likeness (QED) is 0.367. The van der Waals surface area contributed by atoms with Gasteiger partial charge in [0.15, 0.2) is 0 Å². The maximum absolute atomic E-state index is 11.5. The Morgan fingerprint density at radius 2 is 2.22 bits per heavy atom. The molecule has 0 aliphatic carbocycles. The lowest BCUT2D eigenvalue weighted by Crippen LogP contribution is -2.35. The van der Waals surface area contributed by atoms with Crippen LogP contribution in [0.3, 0.4) is 0 Å². The number of carbonyl (C=O) groups excluding carboxylic acids is 1. The number of rotatable bonds is 3. The molecule has 0 radical (unpaired) electrons. The summed E-state index contributed by atoms with van der Waals surface area (Å²) in [7, 11) is 0. The van der Waals surface area contributed by atoms with Crippen molar-refractivity contribution >= 4 is 22.5 Å². The van der Waals surface area contributed by atoms with E-state index in [1.54, 1.807) is 29.8 Å². The fraction of sp³-hybridized carbons (Fsp3) is 0.182. The van der Waals surface area contributed by atoms with Gasteiger partial charge in [-0.05, 0) is 19.1 Å². The van der Waals surface area contributed by atoms with Crippen LogP contribution < -0.4 is 11.3 Å². The standard InChI is InChI=1S/C11H12N4O3/c1-7(11(16)13-12)14-5-4-8-6-9(15(17)18)2-3-10(8)14/h2-7H,12H2,1H3,(H,13,16). The van der Waals surface area contributed by atoms with Crippen LogP contribution in [0.25, 0.3) is 10.9 Å². The monoisotopic (exact) mass is 248 g/mol. The minimum absolute atomic E-state index is 0.0242. The average molecular weight is 248 g/mol. The van der Waals surface area contributed by atoms with Crippen LogP contribution in [0.5, 0.6) is 0 Å². The van der Waals surface area contributed by atoms with Crippen LogP contribution in [0, 0.1) is 10.1 Å². The van der Waals surface area contributed by atoms with Crippen molar-refractivity contribution in [2.75, 3.05) is 0 Å². The number of fused-ring (bicyclic) bond motifs is 1. The summed E-state index contributed by atoms with van der Waals surface area (Å²) < 4.78 is 1.71. The third-order valence-electron chi connectivity index (χ3n) is 2.85. The first-order valence-electron chi connectivity index (χ1n) is 5.30. The number of hydrazine groups is 1. The fourth-order valence-corrected chi connectivity index (χ4v) is 1.85. The number of carbonyl (C=O) groups is 1. The van der Waals surface area contributed by atoms with Gasteiger partial charge in [-0.25, -0.2) is 5.84 Å². The second-order valence-corrected chi connectivity index (χ2v) is 3.91. The Hall–Kier alpha value is -2.41. The molecule has 2 aromatic rings. The summed E-state index contributed by atoms with van der Waals surface area (Å²) in [6, 6.07) is 5.75. The summed E-state index contributed by atoms with van der Waals surface area (Å²) >= 11 is 0. The van der Waals surface area contributed by atoms with Crippen LogP contribution in [0.4, 0.5) is 5.69 Å². The summed E-state index contributed by atoms with van der Waals surface area (Å²) in [5.74, 6) is 4.76. The van der Waals surface area contributed by atoms with E-state index in [2.05, 4.69) is 5.43 Å². The first-order chi connectivity index (χ1) is 8.54. The van der Waals surface area contributed by atoms with E-state index in [4.69, 9.17) is 5.84 Å². The Balaban J connectivity index is 2.49. The number of non-ortho nitro benzene ring substituents is 1. The SMILES string of the molecule is CC(C(=O)NN)n1ccc2cc([N+](=O)[O-])ccc21. The van der Waals surface area contributed by atoms with E-state index in [-0.39, 0.29) is 11.6 Å². The van der Waals surface area contributed by atoms with E-state index in [1.165, 1.54) is 12.1 Å². The summed E-state index contributed by atoms with van der Waals surface area (Å²) in [5.41, 5.74) is 2.85. The van der Waals surface area contributed by atoms with Crippen LogP contribution in [0.1, 0.15) is 13.0 Å². The molecule has 3 N–H and O–H groups in total. The lowest BCUT2D eigenvalue weighted by molar-refractivity contribution is -0.384. The molecule has 1 amide bonds. The molecule has 1 aromatic carbocycles. The van der Waals surface area contributed by atoms with Crippen LogP contribution >= 0.6 is 0 Å². The number of nitro benzene ring substituents is 1. The Bertz CT molecular complexity index is 620. The van der Waals surface area contributed by atoms with Crippen molar-refractivity contribution in [1.82, 2.24) is 9.99 Å². The second-order valence-electron chi connectivity index (χ2n) is 3.91. The zero-order valence-corrected chi connectivity index (χ0v) is 9.66. The molecule has 2 rings (SSSR count).